The van der Waals surface area contributed by atoms with E-state index in [0.29, 0.717) is 5.41 Å². The van der Waals surface area contributed by atoms with Crippen molar-refractivity contribution < 1.29 is 14.7 Å². The van der Waals surface area contributed by atoms with Crippen LogP contribution in [0, 0.1) is 11.3 Å². The molecule has 0 unspecified atom stereocenters. The molecule has 7 nitrogen and oxygen atoms in total. The van der Waals surface area contributed by atoms with E-state index < -0.39 is 18.1 Å². The Labute approximate surface area is 160 Å². The summed E-state index contributed by atoms with van der Waals surface area (Å²) in [5, 5.41) is 11.8. The Balaban J connectivity index is 1.48. The first-order valence-corrected chi connectivity index (χ1v) is 9.84. The van der Waals surface area contributed by atoms with Crippen molar-refractivity contribution in [3.8, 4) is 0 Å². The number of nitrogens with zero attached hydrogens (tertiary/aromatic N) is 2. The van der Waals surface area contributed by atoms with Gasteiger partial charge < -0.3 is 21.1 Å². The van der Waals surface area contributed by atoms with E-state index >= 15 is 0 Å². The fourth-order valence-corrected chi connectivity index (χ4v) is 4.43. The zero-order chi connectivity index (χ0) is 19.4. The van der Waals surface area contributed by atoms with Gasteiger partial charge in [0.25, 0.3) is 0 Å². The molecular weight excluding hydrogens is 344 g/mol. The molecule has 0 radical (unpaired) electrons. The summed E-state index contributed by atoms with van der Waals surface area (Å²) in [7, 11) is 0. The van der Waals surface area contributed by atoms with E-state index in [-0.39, 0.29) is 11.8 Å². The van der Waals surface area contributed by atoms with Crippen molar-refractivity contribution in [3.05, 3.63) is 24.5 Å². The Hall–Kier alpha value is -2.15. The standard InChI is InChI=1S/C20H30N4O3/c1-14(17(21)19(26)27)23-18(25)15-2-6-20(7-3-15)8-12-24(13-9-20)16-4-10-22-11-5-16/h4-5,10-11,14-15,17H,2-3,6-9,12-13,21H2,1H3,(H,23,25)(H,26,27)/t14-,17-/m0/s1. The second kappa shape index (κ2) is 8.25. The van der Waals surface area contributed by atoms with Crippen LogP contribution in [0.2, 0.25) is 0 Å². The number of rotatable bonds is 5. The molecular formula is C20H30N4O3. The lowest BCUT2D eigenvalue weighted by Gasteiger charge is -2.46. The number of carbonyl (C=O) groups is 2. The van der Waals surface area contributed by atoms with Crippen molar-refractivity contribution >= 4 is 17.6 Å². The molecule has 1 amide bonds. The van der Waals surface area contributed by atoms with Gasteiger partial charge in [-0.2, -0.15) is 0 Å². The normalized spacial score (nSPS) is 22.2. The van der Waals surface area contributed by atoms with E-state index in [1.54, 1.807) is 6.92 Å². The molecule has 148 valence electrons. The van der Waals surface area contributed by atoms with Crippen LogP contribution in [-0.2, 0) is 9.59 Å². The highest BCUT2D eigenvalue weighted by molar-refractivity contribution is 5.81. The molecule has 1 saturated heterocycles. The Morgan fingerprint density at radius 3 is 2.37 bits per heavy atom. The van der Waals surface area contributed by atoms with Crippen LogP contribution in [0.25, 0.3) is 0 Å². The van der Waals surface area contributed by atoms with Crippen LogP contribution in [0.1, 0.15) is 45.4 Å². The highest BCUT2D eigenvalue weighted by atomic mass is 16.4. The van der Waals surface area contributed by atoms with Gasteiger partial charge in [-0.05, 0) is 63.0 Å². The number of aromatic nitrogens is 1. The summed E-state index contributed by atoms with van der Waals surface area (Å²) in [6.07, 6.45) is 9.85. The van der Waals surface area contributed by atoms with Crippen LogP contribution in [0.4, 0.5) is 5.69 Å². The fraction of sp³-hybridized carbons (Fsp3) is 0.650. The molecule has 2 fully saturated rings. The lowest BCUT2D eigenvalue weighted by Crippen LogP contribution is -2.52. The topological polar surface area (TPSA) is 109 Å². The molecule has 2 aliphatic rings. The van der Waals surface area contributed by atoms with Crippen LogP contribution < -0.4 is 16.0 Å². The zero-order valence-corrected chi connectivity index (χ0v) is 15.9. The molecule has 1 aromatic rings. The average Bonchev–Trinajstić information content (AvgIpc) is 2.69. The molecule has 0 aromatic carbocycles. The van der Waals surface area contributed by atoms with E-state index in [4.69, 9.17) is 10.8 Å². The van der Waals surface area contributed by atoms with Crippen molar-refractivity contribution in [2.24, 2.45) is 17.1 Å². The second-order valence-corrected chi connectivity index (χ2v) is 8.13. The third kappa shape index (κ3) is 4.58. The summed E-state index contributed by atoms with van der Waals surface area (Å²) in [4.78, 5) is 29.9. The zero-order valence-electron chi connectivity index (χ0n) is 15.9. The minimum atomic E-state index is -1.09. The Morgan fingerprint density at radius 2 is 1.81 bits per heavy atom. The predicted octanol–water partition coefficient (Wildman–Crippen LogP) is 1.78. The highest BCUT2D eigenvalue weighted by Crippen LogP contribution is 2.46. The number of carboxylic acids is 1. The first-order chi connectivity index (χ1) is 12.9. The van der Waals surface area contributed by atoms with Gasteiger partial charge in [0.2, 0.25) is 5.91 Å². The second-order valence-electron chi connectivity index (χ2n) is 8.13. The SMILES string of the molecule is C[C@H](NC(=O)C1CCC2(CC1)CCN(c1ccncc1)CC2)[C@H](N)C(=O)O. The maximum atomic E-state index is 12.5. The third-order valence-electron chi connectivity index (χ3n) is 6.46. The van der Waals surface area contributed by atoms with Crippen molar-refractivity contribution in [2.45, 2.75) is 57.5 Å². The van der Waals surface area contributed by atoms with Gasteiger partial charge >= 0.3 is 5.97 Å². The first-order valence-electron chi connectivity index (χ1n) is 9.84. The summed E-state index contributed by atoms with van der Waals surface area (Å²) >= 11 is 0. The monoisotopic (exact) mass is 374 g/mol. The molecule has 4 N–H and O–H groups in total. The number of carbonyl (C=O) groups excluding carboxylic acids is 1. The molecule has 0 bridgehead atoms. The number of anilines is 1. The van der Waals surface area contributed by atoms with Crippen LogP contribution in [-0.4, -0.2) is 47.1 Å². The molecule has 1 saturated carbocycles. The van der Waals surface area contributed by atoms with Gasteiger partial charge in [-0.15, -0.1) is 0 Å². The lowest BCUT2D eigenvalue weighted by molar-refractivity contribution is -0.139. The Kier molecular flexibility index (Phi) is 5.99. The Bertz CT molecular complexity index is 648. The van der Waals surface area contributed by atoms with Gasteiger partial charge in [0.05, 0.1) is 6.04 Å². The maximum Gasteiger partial charge on any atom is 0.322 e. The van der Waals surface area contributed by atoms with E-state index in [0.717, 1.165) is 51.6 Å². The lowest BCUT2D eigenvalue weighted by atomic mass is 9.65. The van der Waals surface area contributed by atoms with Gasteiger partial charge in [-0.25, -0.2) is 0 Å². The molecule has 2 heterocycles. The number of hydrogen-bond acceptors (Lipinski definition) is 5. The molecule has 3 rings (SSSR count). The summed E-state index contributed by atoms with van der Waals surface area (Å²) in [5.74, 6) is -1.17. The van der Waals surface area contributed by atoms with Gasteiger partial charge in [0.15, 0.2) is 0 Å². The number of hydrogen-bond donors (Lipinski definition) is 3. The minimum absolute atomic E-state index is 0.0303. The van der Waals surface area contributed by atoms with Crippen LogP contribution >= 0.6 is 0 Å². The van der Waals surface area contributed by atoms with Crippen LogP contribution in [0.15, 0.2) is 24.5 Å². The number of nitrogens with one attached hydrogen (secondary N) is 1. The van der Waals surface area contributed by atoms with E-state index in [9.17, 15) is 9.59 Å². The van der Waals surface area contributed by atoms with Gasteiger partial charge in [0, 0.05) is 37.1 Å². The minimum Gasteiger partial charge on any atom is -0.480 e. The van der Waals surface area contributed by atoms with Crippen LogP contribution in [0.5, 0.6) is 0 Å². The Morgan fingerprint density at radius 1 is 1.22 bits per heavy atom. The number of nitrogens with two attached hydrogens (primary N) is 1. The first kappa shape index (κ1) is 19.6. The van der Waals surface area contributed by atoms with E-state index in [2.05, 4.69) is 27.3 Å². The number of amides is 1. The quantitative estimate of drug-likeness (QED) is 0.725. The molecule has 2 atom stereocenters. The van der Waals surface area contributed by atoms with E-state index in [1.165, 1.54) is 5.69 Å². The summed E-state index contributed by atoms with van der Waals surface area (Å²) in [5.41, 5.74) is 7.17. The van der Waals surface area contributed by atoms with Crippen molar-refractivity contribution in [2.75, 3.05) is 18.0 Å². The molecule has 1 aliphatic carbocycles. The summed E-state index contributed by atoms with van der Waals surface area (Å²) in [6.45, 7) is 3.74. The van der Waals surface area contributed by atoms with Crippen molar-refractivity contribution in [1.82, 2.24) is 10.3 Å². The van der Waals surface area contributed by atoms with Crippen molar-refractivity contribution in [3.63, 3.8) is 0 Å². The summed E-state index contributed by atoms with van der Waals surface area (Å²) < 4.78 is 0. The number of aliphatic carboxylic acids is 1. The molecule has 1 spiro atoms. The fourth-order valence-electron chi connectivity index (χ4n) is 4.43. The van der Waals surface area contributed by atoms with Gasteiger partial charge in [-0.3, -0.25) is 14.6 Å². The summed E-state index contributed by atoms with van der Waals surface area (Å²) in [6, 6.07) is 2.49. The maximum absolute atomic E-state index is 12.5. The smallest absolute Gasteiger partial charge is 0.322 e. The number of piperidine rings is 1. The largest absolute Gasteiger partial charge is 0.480 e. The number of carboxylic acid groups (broad SMARTS) is 1. The predicted molar refractivity (Wildman–Crippen MR) is 103 cm³/mol. The number of pyridine rings is 1. The average molecular weight is 374 g/mol. The molecule has 7 heteroatoms. The third-order valence-corrected chi connectivity index (χ3v) is 6.46. The van der Waals surface area contributed by atoms with E-state index in [1.807, 2.05) is 12.4 Å². The van der Waals surface area contributed by atoms with Crippen molar-refractivity contribution in [1.29, 1.82) is 0 Å². The van der Waals surface area contributed by atoms with Crippen LogP contribution in [0.3, 0.4) is 0 Å². The molecule has 1 aliphatic heterocycles. The van der Waals surface area contributed by atoms with Gasteiger partial charge in [0.1, 0.15) is 6.04 Å². The highest BCUT2D eigenvalue weighted by Gasteiger charge is 2.40. The molecule has 27 heavy (non-hydrogen) atoms. The van der Waals surface area contributed by atoms with Gasteiger partial charge in [-0.1, -0.05) is 0 Å². The molecule has 1 aromatic heterocycles.